The number of hydrogen-bond acceptors (Lipinski definition) is 2. The van der Waals surface area contributed by atoms with Crippen molar-refractivity contribution in [2.75, 3.05) is 18.3 Å². The van der Waals surface area contributed by atoms with Crippen LogP contribution in [0.15, 0.2) is 0 Å². The number of carboxylic acids is 1. The maximum Gasteiger partial charge on any atom is 0.326 e. The van der Waals surface area contributed by atoms with Gasteiger partial charge in [0, 0.05) is 6.92 Å². The van der Waals surface area contributed by atoms with E-state index < -0.39 is 12.0 Å². The molecule has 0 bridgehead atoms. The summed E-state index contributed by atoms with van der Waals surface area (Å²) < 4.78 is 0. The predicted octanol–water partition coefficient (Wildman–Crippen LogP) is 0.227. The molecule has 0 unspecified atom stereocenters. The number of carboxylic acid groups (broad SMARTS) is 1. The summed E-state index contributed by atoms with van der Waals surface area (Å²) in [5, 5.41) is 11.1. The van der Waals surface area contributed by atoms with Gasteiger partial charge in [0.15, 0.2) is 0 Å². The second kappa shape index (κ2) is 5.85. The van der Waals surface area contributed by atoms with Crippen molar-refractivity contribution in [3.05, 3.63) is 0 Å². The van der Waals surface area contributed by atoms with Gasteiger partial charge in [-0.1, -0.05) is 0 Å². The van der Waals surface area contributed by atoms with Crippen LogP contribution in [0.5, 0.6) is 0 Å². The van der Waals surface area contributed by atoms with Crippen molar-refractivity contribution in [2.24, 2.45) is 0 Å². The number of aliphatic carboxylic acids is 1. The van der Waals surface area contributed by atoms with Crippen molar-refractivity contribution in [3.63, 3.8) is 0 Å². The van der Waals surface area contributed by atoms with E-state index in [1.54, 1.807) is 0 Å². The zero-order valence-electron chi connectivity index (χ0n) is 8.20. The van der Waals surface area contributed by atoms with Gasteiger partial charge in [0.05, 0.1) is 0 Å². The largest absolute Gasteiger partial charge is 0.480 e. The molecule has 0 heterocycles. The lowest BCUT2D eigenvalue weighted by Crippen LogP contribution is -2.40. The normalized spacial score (nSPS) is 13.3. The molecule has 1 atom stereocenters. The van der Waals surface area contributed by atoms with E-state index in [0.717, 1.165) is 5.75 Å². The lowest BCUT2D eigenvalue weighted by molar-refractivity contribution is -0.141. The summed E-state index contributed by atoms with van der Waals surface area (Å²) in [6, 6.07) is -0.720. The highest BCUT2D eigenvalue weighted by molar-refractivity contribution is 8.15. The Morgan fingerprint density at radius 3 is 2.31 bits per heavy atom. The topological polar surface area (TPSA) is 66.4 Å². The van der Waals surface area contributed by atoms with E-state index in [4.69, 9.17) is 5.11 Å². The molecule has 0 aromatic heterocycles. The molecule has 0 aromatic carbocycles. The average Bonchev–Trinajstić information content (AvgIpc) is 1.96. The van der Waals surface area contributed by atoms with E-state index in [-0.39, 0.29) is 16.8 Å². The first-order valence-corrected chi connectivity index (χ1v) is 6.50. The van der Waals surface area contributed by atoms with Crippen LogP contribution in [0.25, 0.3) is 0 Å². The van der Waals surface area contributed by atoms with Crippen molar-refractivity contribution in [3.8, 4) is 0 Å². The number of carbonyl (C=O) groups excluding carboxylic acids is 1. The third kappa shape index (κ3) is 6.45. The van der Waals surface area contributed by atoms with Gasteiger partial charge in [0.2, 0.25) is 5.91 Å². The van der Waals surface area contributed by atoms with Gasteiger partial charge in [-0.05, 0) is 24.7 Å². The molecule has 13 heavy (non-hydrogen) atoms. The summed E-state index contributed by atoms with van der Waals surface area (Å²) in [7, 11) is -0.0974. The molecule has 0 radical (unpaired) electrons. The van der Waals surface area contributed by atoms with Gasteiger partial charge < -0.3 is 10.4 Å². The summed E-state index contributed by atoms with van der Waals surface area (Å²) in [5.41, 5.74) is 0. The molecule has 4 nitrogen and oxygen atoms in total. The van der Waals surface area contributed by atoms with Crippen LogP contribution in [-0.2, 0) is 9.59 Å². The molecule has 5 heteroatoms. The molecule has 0 aliphatic heterocycles. The smallest absolute Gasteiger partial charge is 0.326 e. The standard InChI is InChI=1S/C8H17NO3S/c1-6(10)9-7(8(11)12)4-5-13(2)3/h7,13H,4-5H2,1-3H3,(H,9,10)(H,11,12)/t7-/m0/s1. The second-order valence-electron chi connectivity index (χ2n) is 3.18. The first-order valence-electron chi connectivity index (χ1n) is 4.08. The Kier molecular flexibility index (Phi) is 5.53. The number of thiol groups is 1. The fourth-order valence-corrected chi connectivity index (χ4v) is 1.66. The SMILES string of the molecule is CC(=O)N[C@@H](CC[SH](C)C)C(=O)O. The molecule has 0 spiro atoms. The number of rotatable bonds is 5. The Balaban J connectivity index is 3.95. The van der Waals surface area contributed by atoms with Crippen LogP contribution < -0.4 is 5.32 Å². The quantitative estimate of drug-likeness (QED) is 0.565. The van der Waals surface area contributed by atoms with Crippen LogP contribution in [0.4, 0.5) is 0 Å². The van der Waals surface area contributed by atoms with Crippen LogP contribution in [0.3, 0.4) is 0 Å². The van der Waals surface area contributed by atoms with Crippen molar-refractivity contribution in [2.45, 2.75) is 19.4 Å². The first-order chi connectivity index (χ1) is 5.93. The summed E-state index contributed by atoms with van der Waals surface area (Å²) in [5.74, 6) is -0.372. The maximum absolute atomic E-state index is 10.6. The second-order valence-corrected chi connectivity index (χ2v) is 5.79. The summed E-state index contributed by atoms with van der Waals surface area (Å²) >= 11 is 0. The molecular formula is C8H17NO3S. The molecule has 0 saturated carbocycles. The molecule has 0 saturated heterocycles. The van der Waals surface area contributed by atoms with Crippen molar-refractivity contribution in [1.29, 1.82) is 0 Å². The van der Waals surface area contributed by atoms with Crippen molar-refractivity contribution < 1.29 is 14.7 Å². The maximum atomic E-state index is 10.6. The van der Waals surface area contributed by atoms with E-state index in [1.165, 1.54) is 6.92 Å². The predicted molar refractivity (Wildman–Crippen MR) is 55.6 cm³/mol. The molecule has 1 amide bonds. The zero-order chi connectivity index (χ0) is 10.4. The minimum atomic E-state index is -0.952. The van der Waals surface area contributed by atoms with E-state index in [9.17, 15) is 9.59 Å². The number of amides is 1. The molecule has 0 aliphatic rings. The number of hydrogen-bond donors (Lipinski definition) is 3. The van der Waals surface area contributed by atoms with Crippen molar-refractivity contribution in [1.82, 2.24) is 5.32 Å². The fraction of sp³-hybridized carbons (Fsp3) is 0.750. The van der Waals surface area contributed by atoms with E-state index in [1.807, 2.05) is 0 Å². The van der Waals surface area contributed by atoms with Crippen LogP contribution in [0, 0.1) is 0 Å². The Bertz CT molecular complexity index is 194. The molecule has 78 valence electrons. The Morgan fingerprint density at radius 2 is 2.00 bits per heavy atom. The van der Waals surface area contributed by atoms with Gasteiger partial charge in [-0.2, -0.15) is 0 Å². The Hall–Kier alpha value is -0.710. The van der Waals surface area contributed by atoms with Gasteiger partial charge >= 0.3 is 5.97 Å². The van der Waals surface area contributed by atoms with E-state index >= 15 is 0 Å². The van der Waals surface area contributed by atoms with Gasteiger partial charge in [0.1, 0.15) is 6.04 Å². The highest BCUT2D eigenvalue weighted by Gasteiger charge is 2.17. The third-order valence-corrected chi connectivity index (χ3v) is 2.69. The Labute approximate surface area is 81.1 Å². The Morgan fingerprint density at radius 1 is 1.46 bits per heavy atom. The zero-order valence-corrected chi connectivity index (χ0v) is 9.10. The highest BCUT2D eigenvalue weighted by atomic mass is 32.2. The third-order valence-electron chi connectivity index (χ3n) is 1.54. The van der Waals surface area contributed by atoms with Crippen LogP contribution in [0.1, 0.15) is 13.3 Å². The van der Waals surface area contributed by atoms with E-state index in [2.05, 4.69) is 17.8 Å². The summed E-state index contributed by atoms with van der Waals surface area (Å²) in [6.45, 7) is 1.33. The molecule has 0 rings (SSSR count). The number of nitrogens with one attached hydrogen (secondary N) is 1. The molecule has 0 fully saturated rings. The monoisotopic (exact) mass is 207 g/mol. The molecule has 0 aliphatic carbocycles. The fourth-order valence-electron chi connectivity index (χ4n) is 0.890. The van der Waals surface area contributed by atoms with Gasteiger partial charge in [-0.15, -0.1) is 0 Å². The van der Waals surface area contributed by atoms with Crippen LogP contribution in [0.2, 0.25) is 0 Å². The minimum Gasteiger partial charge on any atom is -0.480 e. The van der Waals surface area contributed by atoms with Crippen LogP contribution >= 0.6 is 10.9 Å². The van der Waals surface area contributed by atoms with E-state index in [0.29, 0.717) is 6.42 Å². The average molecular weight is 207 g/mol. The van der Waals surface area contributed by atoms with Gasteiger partial charge in [-0.3, -0.25) is 15.7 Å². The van der Waals surface area contributed by atoms with Gasteiger partial charge in [0.25, 0.3) is 0 Å². The van der Waals surface area contributed by atoms with Crippen LogP contribution in [-0.4, -0.2) is 41.3 Å². The van der Waals surface area contributed by atoms with Crippen molar-refractivity contribution >= 4 is 22.8 Å². The first kappa shape index (κ1) is 12.3. The lowest BCUT2D eigenvalue weighted by atomic mass is 10.2. The highest BCUT2D eigenvalue weighted by Crippen LogP contribution is 2.15. The lowest BCUT2D eigenvalue weighted by Gasteiger charge is -2.15. The summed E-state index contributed by atoms with van der Waals surface area (Å²) in [6.07, 6.45) is 4.69. The number of carbonyl (C=O) groups is 2. The summed E-state index contributed by atoms with van der Waals surface area (Å²) in [4.78, 5) is 21.3. The molecular weight excluding hydrogens is 190 g/mol. The minimum absolute atomic E-state index is 0.0974. The molecule has 2 N–H and O–H groups in total. The van der Waals surface area contributed by atoms with Gasteiger partial charge in [-0.25, -0.2) is 4.79 Å². The molecule has 0 aromatic rings.